The Bertz CT molecular complexity index is 900. The highest BCUT2D eigenvalue weighted by Gasteiger charge is 2.21. The number of aromatic nitrogens is 2. The van der Waals surface area contributed by atoms with Gasteiger partial charge in [-0.25, -0.2) is 10.0 Å². The average molecular weight is 427 g/mol. The molecule has 3 rings (SSSR count). The summed E-state index contributed by atoms with van der Waals surface area (Å²) in [5, 5.41) is 6.56. The van der Waals surface area contributed by atoms with Gasteiger partial charge in [-0.3, -0.25) is 9.48 Å². The molecule has 1 aliphatic rings. The van der Waals surface area contributed by atoms with E-state index in [4.69, 9.17) is 4.99 Å². The fraction of sp³-hybridized carbons (Fsp3) is 0.542. The van der Waals surface area contributed by atoms with Crippen molar-refractivity contribution in [1.82, 2.24) is 25.1 Å². The van der Waals surface area contributed by atoms with Crippen LogP contribution in [0.2, 0.25) is 0 Å². The molecular formula is C24H38N6O. The second kappa shape index (κ2) is 11.1. The van der Waals surface area contributed by atoms with E-state index in [1.54, 1.807) is 6.92 Å². The summed E-state index contributed by atoms with van der Waals surface area (Å²) in [7, 11) is 3.99. The van der Waals surface area contributed by atoms with Gasteiger partial charge in [-0.05, 0) is 38.0 Å². The zero-order chi connectivity index (χ0) is 23.1. The van der Waals surface area contributed by atoms with E-state index in [1.807, 2.05) is 56.6 Å². The van der Waals surface area contributed by atoms with Crippen LogP contribution in [-0.2, 0) is 11.8 Å². The number of hydrogen-bond acceptors (Lipinski definition) is 4. The maximum atomic E-state index is 11.9. The number of nitrogens with zero attached hydrogens (tertiary/aromatic N) is 5. The number of hydrogen-bond donors (Lipinski definition) is 1. The molecule has 0 spiro atoms. The number of amides is 1. The molecular weight excluding hydrogens is 388 g/mol. The lowest BCUT2D eigenvalue weighted by molar-refractivity contribution is -0.129. The molecule has 170 valence electrons. The predicted octanol–water partition coefficient (Wildman–Crippen LogP) is 4.08. The van der Waals surface area contributed by atoms with Crippen molar-refractivity contribution in [3.63, 3.8) is 0 Å². The van der Waals surface area contributed by atoms with E-state index in [0.717, 1.165) is 48.0 Å². The molecule has 1 aromatic heterocycles. The Labute approximate surface area is 187 Å². The first-order chi connectivity index (χ1) is 14.8. The van der Waals surface area contributed by atoms with Crippen molar-refractivity contribution < 1.29 is 4.79 Å². The number of hydrazine groups is 1. The Hall–Kier alpha value is -2.67. The molecule has 7 nitrogen and oxygen atoms in total. The van der Waals surface area contributed by atoms with Crippen LogP contribution < -0.4 is 5.43 Å². The minimum atomic E-state index is 0.113. The molecule has 7 heteroatoms. The molecule has 0 bridgehead atoms. The number of carbonyl (C=O) groups excluding carboxylic acids is 1. The zero-order valence-corrected chi connectivity index (χ0v) is 20.4. The van der Waals surface area contributed by atoms with Crippen LogP contribution in [0, 0.1) is 19.8 Å². The average Bonchev–Trinajstić information content (AvgIpc) is 3.02. The molecule has 1 aromatic carbocycles. The quantitative estimate of drug-likeness (QED) is 0.786. The summed E-state index contributed by atoms with van der Waals surface area (Å²) in [6.07, 6.45) is 0.932. The molecule has 0 saturated carbocycles. The Morgan fingerprint density at radius 2 is 1.77 bits per heavy atom. The minimum Gasteiger partial charge on any atom is -0.342 e. The molecule has 0 aliphatic carbocycles. The van der Waals surface area contributed by atoms with Gasteiger partial charge in [0.25, 0.3) is 0 Å². The maximum absolute atomic E-state index is 11.9. The minimum absolute atomic E-state index is 0.113. The van der Waals surface area contributed by atoms with Crippen LogP contribution in [0.4, 0.5) is 5.69 Å². The normalized spacial score (nSPS) is 19.0. The fourth-order valence-corrected chi connectivity index (χ4v) is 3.82. The molecule has 0 radical (unpaired) electrons. The van der Waals surface area contributed by atoms with E-state index in [1.165, 1.54) is 5.56 Å². The van der Waals surface area contributed by atoms with Crippen LogP contribution in [0.25, 0.3) is 11.1 Å². The van der Waals surface area contributed by atoms with Crippen molar-refractivity contribution in [3.05, 3.63) is 35.7 Å². The van der Waals surface area contributed by atoms with Crippen molar-refractivity contribution in [2.75, 3.05) is 26.7 Å². The Balaban J connectivity index is 0.00000166. The summed E-state index contributed by atoms with van der Waals surface area (Å²) in [5.74, 6) is 1.11. The zero-order valence-electron chi connectivity index (χ0n) is 20.4. The van der Waals surface area contributed by atoms with Gasteiger partial charge in [0.15, 0.2) is 0 Å². The van der Waals surface area contributed by atoms with E-state index in [9.17, 15) is 4.79 Å². The van der Waals surface area contributed by atoms with Crippen LogP contribution in [-0.4, -0.2) is 58.1 Å². The SMILES string of the molecule is CC.CC(=O)N1CCCN(C)NC(=Nc2ccc(-c3c(C)nn(C)c3C)cc2)C(C)C1. The molecule has 1 unspecified atom stereocenters. The Morgan fingerprint density at radius 1 is 1.13 bits per heavy atom. The summed E-state index contributed by atoms with van der Waals surface area (Å²) in [5.41, 5.74) is 8.81. The Morgan fingerprint density at radius 3 is 2.32 bits per heavy atom. The molecule has 1 fully saturated rings. The van der Waals surface area contributed by atoms with Gasteiger partial charge >= 0.3 is 0 Å². The van der Waals surface area contributed by atoms with E-state index in [2.05, 4.69) is 41.5 Å². The number of aliphatic imine (C=N–C) groups is 1. The van der Waals surface area contributed by atoms with Gasteiger partial charge in [0.05, 0.1) is 11.4 Å². The molecule has 1 amide bonds. The molecule has 2 heterocycles. The lowest BCUT2D eigenvalue weighted by Gasteiger charge is -2.24. The summed E-state index contributed by atoms with van der Waals surface area (Å²) in [4.78, 5) is 18.7. The lowest BCUT2D eigenvalue weighted by Crippen LogP contribution is -2.43. The summed E-state index contributed by atoms with van der Waals surface area (Å²) in [6, 6.07) is 8.28. The number of nitrogens with one attached hydrogen (secondary N) is 1. The highest BCUT2D eigenvalue weighted by atomic mass is 16.2. The van der Waals surface area contributed by atoms with Gasteiger partial charge in [-0.2, -0.15) is 5.10 Å². The lowest BCUT2D eigenvalue weighted by atomic mass is 10.0. The standard InChI is InChI=1S/C22H32N6O.C2H6/c1-15-14-28(18(4)29)13-7-12-26(5)25-22(15)23-20-10-8-19(9-11-20)21-16(2)24-27(6)17(21)3;1-2/h8-11,15H,7,12-14H2,1-6H3,(H,23,25);1-2H3. The van der Waals surface area contributed by atoms with E-state index < -0.39 is 0 Å². The summed E-state index contributed by atoms with van der Waals surface area (Å²) in [6.45, 7) is 14.2. The second-order valence-electron chi connectivity index (χ2n) is 7.97. The van der Waals surface area contributed by atoms with Crippen molar-refractivity contribution in [1.29, 1.82) is 0 Å². The van der Waals surface area contributed by atoms with Crippen molar-refractivity contribution in [3.8, 4) is 11.1 Å². The van der Waals surface area contributed by atoms with Crippen molar-refractivity contribution in [2.24, 2.45) is 18.0 Å². The van der Waals surface area contributed by atoms with Crippen molar-refractivity contribution in [2.45, 2.75) is 48.0 Å². The number of carbonyl (C=O) groups is 1. The first-order valence-corrected chi connectivity index (χ1v) is 11.2. The monoisotopic (exact) mass is 426 g/mol. The van der Waals surface area contributed by atoms with Crippen LogP contribution in [0.3, 0.4) is 0 Å². The van der Waals surface area contributed by atoms with Crippen LogP contribution in [0.1, 0.15) is 45.5 Å². The van der Waals surface area contributed by atoms with Gasteiger partial charge in [-0.15, -0.1) is 0 Å². The highest BCUT2D eigenvalue weighted by molar-refractivity contribution is 5.87. The number of rotatable bonds is 2. The van der Waals surface area contributed by atoms with Gasteiger partial charge in [0.2, 0.25) is 5.91 Å². The summed E-state index contributed by atoms with van der Waals surface area (Å²) >= 11 is 0. The predicted molar refractivity (Wildman–Crippen MR) is 128 cm³/mol. The molecule has 1 atom stereocenters. The van der Waals surface area contributed by atoms with Gasteiger partial charge in [0.1, 0.15) is 5.84 Å². The van der Waals surface area contributed by atoms with Gasteiger partial charge in [-0.1, -0.05) is 32.9 Å². The topological polar surface area (TPSA) is 65.8 Å². The third-order valence-electron chi connectivity index (χ3n) is 5.55. The molecule has 31 heavy (non-hydrogen) atoms. The van der Waals surface area contributed by atoms with E-state index in [-0.39, 0.29) is 11.8 Å². The first kappa shape index (κ1) is 24.6. The molecule has 2 aromatic rings. The molecule has 1 saturated heterocycles. The number of benzene rings is 1. The first-order valence-electron chi connectivity index (χ1n) is 11.2. The van der Waals surface area contributed by atoms with Gasteiger partial charge in [0, 0.05) is 57.8 Å². The van der Waals surface area contributed by atoms with Gasteiger partial charge < -0.3 is 10.3 Å². The number of amidine groups is 1. The van der Waals surface area contributed by atoms with Crippen molar-refractivity contribution >= 4 is 17.4 Å². The number of aryl methyl sites for hydroxylation is 2. The smallest absolute Gasteiger partial charge is 0.219 e. The van der Waals surface area contributed by atoms with E-state index >= 15 is 0 Å². The van der Waals surface area contributed by atoms with Crippen LogP contribution >= 0.6 is 0 Å². The highest BCUT2D eigenvalue weighted by Crippen LogP contribution is 2.28. The van der Waals surface area contributed by atoms with E-state index in [0.29, 0.717) is 6.54 Å². The fourth-order valence-electron chi connectivity index (χ4n) is 3.82. The largest absolute Gasteiger partial charge is 0.342 e. The maximum Gasteiger partial charge on any atom is 0.219 e. The molecule has 1 aliphatic heterocycles. The molecule has 1 N–H and O–H groups in total. The third-order valence-corrected chi connectivity index (χ3v) is 5.55. The Kier molecular flexibility index (Phi) is 8.80. The third kappa shape index (κ3) is 6.17. The second-order valence-corrected chi connectivity index (χ2v) is 7.97. The van der Waals surface area contributed by atoms with Crippen LogP contribution in [0.5, 0.6) is 0 Å². The summed E-state index contributed by atoms with van der Waals surface area (Å²) < 4.78 is 1.92. The van der Waals surface area contributed by atoms with Crippen LogP contribution in [0.15, 0.2) is 29.3 Å².